The van der Waals surface area contributed by atoms with Crippen LogP contribution in [-0.4, -0.2) is 14.2 Å². The number of hydrogen-bond acceptors (Lipinski definition) is 2. The number of nitrogens with one attached hydrogen (secondary N) is 1. The lowest BCUT2D eigenvalue weighted by molar-refractivity contribution is 0.414. The van der Waals surface area contributed by atoms with Crippen molar-refractivity contribution in [1.82, 2.24) is 5.32 Å². The molecule has 0 spiro atoms. The van der Waals surface area contributed by atoms with Crippen LogP contribution in [0.15, 0.2) is 24.3 Å². The van der Waals surface area contributed by atoms with Gasteiger partial charge in [-0.05, 0) is 31.2 Å². The SMILES string of the molecule is CC[C@H](NC)c1ccc(OC)cc1. The lowest BCUT2D eigenvalue weighted by Crippen LogP contribution is -2.14. The van der Waals surface area contributed by atoms with E-state index in [1.807, 2.05) is 19.2 Å². The highest BCUT2D eigenvalue weighted by Crippen LogP contribution is 2.19. The van der Waals surface area contributed by atoms with Crippen LogP contribution in [0, 0.1) is 0 Å². The van der Waals surface area contributed by atoms with Gasteiger partial charge in [-0.3, -0.25) is 0 Å². The Morgan fingerprint density at radius 3 is 2.31 bits per heavy atom. The quantitative estimate of drug-likeness (QED) is 0.766. The first-order valence-electron chi connectivity index (χ1n) is 4.63. The van der Waals surface area contributed by atoms with E-state index in [4.69, 9.17) is 4.74 Å². The van der Waals surface area contributed by atoms with Gasteiger partial charge < -0.3 is 10.1 Å². The van der Waals surface area contributed by atoms with Crippen LogP contribution in [-0.2, 0) is 0 Å². The fourth-order valence-corrected chi connectivity index (χ4v) is 1.44. The summed E-state index contributed by atoms with van der Waals surface area (Å²) in [6, 6.07) is 8.64. The van der Waals surface area contributed by atoms with Gasteiger partial charge in [-0.1, -0.05) is 19.1 Å². The van der Waals surface area contributed by atoms with Gasteiger partial charge in [0, 0.05) is 6.04 Å². The van der Waals surface area contributed by atoms with E-state index in [0.29, 0.717) is 6.04 Å². The van der Waals surface area contributed by atoms with E-state index in [2.05, 4.69) is 24.4 Å². The van der Waals surface area contributed by atoms with Crippen molar-refractivity contribution in [2.24, 2.45) is 0 Å². The summed E-state index contributed by atoms with van der Waals surface area (Å²) < 4.78 is 5.10. The molecule has 1 aromatic rings. The molecule has 0 fully saturated rings. The van der Waals surface area contributed by atoms with E-state index >= 15 is 0 Å². The van der Waals surface area contributed by atoms with Gasteiger partial charge in [-0.2, -0.15) is 0 Å². The standard InChI is InChI=1S/C11H17NO/c1-4-11(12-2)9-5-7-10(13-3)8-6-9/h5-8,11-12H,4H2,1-3H3/t11-/m0/s1. The molecule has 0 aromatic heterocycles. The predicted molar refractivity (Wildman–Crippen MR) is 55.1 cm³/mol. The average Bonchev–Trinajstić information content (AvgIpc) is 2.21. The maximum Gasteiger partial charge on any atom is 0.118 e. The average molecular weight is 179 g/mol. The van der Waals surface area contributed by atoms with Gasteiger partial charge in [0.1, 0.15) is 5.75 Å². The van der Waals surface area contributed by atoms with Crippen molar-refractivity contribution in [3.8, 4) is 5.75 Å². The summed E-state index contributed by atoms with van der Waals surface area (Å²) in [5.41, 5.74) is 1.31. The Labute approximate surface area is 79.9 Å². The minimum Gasteiger partial charge on any atom is -0.497 e. The summed E-state index contributed by atoms with van der Waals surface area (Å²) in [4.78, 5) is 0. The molecular formula is C11H17NO. The second kappa shape index (κ2) is 4.87. The first kappa shape index (κ1) is 10.1. The van der Waals surface area contributed by atoms with Crippen LogP contribution in [0.3, 0.4) is 0 Å². The van der Waals surface area contributed by atoms with Crippen LogP contribution >= 0.6 is 0 Å². The second-order valence-electron chi connectivity index (χ2n) is 3.02. The minimum absolute atomic E-state index is 0.450. The molecule has 0 aliphatic carbocycles. The number of benzene rings is 1. The van der Waals surface area contributed by atoms with Gasteiger partial charge >= 0.3 is 0 Å². The maximum atomic E-state index is 5.10. The topological polar surface area (TPSA) is 21.3 Å². The zero-order valence-electron chi connectivity index (χ0n) is 8.50. The largest absolute Gasteiger partial charge is 0.497 e. The Morgan fingerprint density at radius 2 is 1.92 bits per heavy atom. The second-order valence-corrected chi connectivity index (χ2v) is 3.02. The summed E-state index contributed by atoms with van der Waals surface area (Å²) >= 11 is 0. The summed E-state index contributed by atoms with van der Waals surface area (Å²) in [5, 5.41) is 3.26. The van der Waals surface area contributed by atoms with Crippen molar-refractivity contribution in [1.29, 1.82) is 0 Å². The van der Waals surface area contributed by atoms with E-state index in [1.54, 1.807) is 7.11 Å². The zero-order chi connectivity index (χ0) is 9.68. The van der Waals surface area contributed by atoms with Crippen molar-refractivity contribution in [2.45, 2.75) is 19.4 Å². The first-order valence-corrected chi connectivity index (χ1v) is 4.63. The Bertz CT molecular complexity index is 239. The molecule has 0 saturated heterocycles. The monoisotopic (exact) mass is 179 g/mol. The van der Waals surface area contributed by atoms with Gasteiger partial charge in [0.25, 0.3) is 0 Å². The molecule has 0 radical (unpaired) electrons. The Balaban J connectivity index is 2.78. The molecular weight excluding hydrogens is 162 g/mol. The third-order valence-corrected chi connectivity index (χ3v) is 2.27. The maximum absolute atomic E-state index is 5.10. The molecule has 1 N–H and O–H groups in total. The summed E-state index contributed by atoms with van der Waals surface area (Å²) in [5.74, 6) is 0.912. The molecule has 1 aromatic carbocycles. The fourth-order valence-electron chi connectivity index (χ4n) is 1.44. The highest BCUT2D eigenvalue weighted by atomic mass is 16.5. The van der Waals surface area contributed by atoms with Crippen LogP contribution in [0.5, 0.6) is 5.75 Å². The number of rotatable bonds is 4. The first-order chi connectivity index (χ1) is 6.31. The fraction of sp³-hybridized carbons (Fsp3) is 0.455. The van der Waals surface area contributed by atoms with E-state index in [1.165, 1.54) is 5.56 Å². The van der Waals surface area contributed by atoms with Crippen molar-refractivity contribution in [3.05, 3.63) is 29.8 Å². The molecule has 2 heteroatoms. The number of hydrogen-bond donors (Lipinski definition) is 1. The summed E-state index contributed by atoms with van der Waals surface area (Å²) in [6.45, 7) is 2.17. The zero-order valence-corrected chi connectivity index (χ0v) is 8.50. The molecule has 0 unspecified atom stereocenters. The van der Waals surface area contributed by atoms with Crippen LogP contribution in [0.2, 0.25) is 0 Å². The van der Waals surface area contributed by atoms with Gasteiger partial charge in [0.15, 0.2) is 0 Å². The molecule has 1 rings (SSSR count). The molecule has 0 aliphatic rings. The third kappa shape index (κ3) is 2.46. The van der Waals surface area contributed by atoms with Crippen LogP contribution in [0.4, 0.5) is 0 Å². The number of methoxy groups -OCH3 is 1. The van der Waals surface area contributed by atoms with Crippen molar-refractivity contribution in [3.63, 3.8) is 0 Å². The van der Waals surface area contributed by atoms with Crippen LogP contribution in [0.25, 0.3) is 0 Å². The smallest absolute Gasteiger partial charge is 0.118 e. The molecule has 2 nitrogen and oxygen atoms in total. The van der Waals surface area contributed by atoms with E-state index in [-0.39, 0.29) is 0 Å². The minimum atomic E-state index is 0.450. The van der Waals surface area contributed by atoms with Crippen LogP contribution < -0.4 is 10.1 Å². The lowest BCUT2D eigenvalue weighted by atomic mass is 10.1. The van der Waals surface area contributed by atoms with E-state index in [9.17, 15) is 0 Å². The van der Waals surface area contributed by atoms with Crippen molar-refractivity contribution < 1.29 is 4.74 Å². The normalized spacial score (nSPS) is 12.5. The van der Waals surface area contributed by atoms with Gasteiger partial charge in [0.05, 0.1) is 7.11 Å². The molecule has 0 saturated carbocycles. The highest BCUT2D eigenvalue weighted by Gasteiger charge is 2.05. The van der Waals surface area contributed by atoms with Gasteiger partial charge in [0.2, 0.25) is 0 Å². The van der Waals surface area contributed by atoms with Crippen LogP contribution in [0.1, 0.15) is 24.9 Å². The highest BCUT2D eigenvalue weighted by molar-refractivity contribution is 5.28. The van der Waals surface area contributed by atoms with E-state index < -0.39 is 0 Å². The van der Waals surface area contributed by atoms with Gasteiger partial charge in [-0.25, -0.2) is 0 Å². The Kier molecular flexibility index (Phi) is 3.77. The number of ether oxygens (including phenoxy) is 1. The molecule has 0 aliphatic heterocycles. The van der Waals surface area contributed by atoms with Crippen molar-refractivity contribution in [2.75, 3.05) is 14.2 Å². The van der Waals surface area contributed by atoms with Gasteiger partial charge in [-0.15, -0.1) is 0 Å². The molecule has 1 atom stereocenters. The Hall–Kier alpha value is -1.02. The molecule has 72 valence electrons. The molecule has 13 heavy (non-hydrogen) atoms. The predicted octanol–water partition coefficient (Wildman–Crippen LogP) is 2.37. The summed E-state index contributed by atoms with van der Waals surface area (Å²) in [7, 11) is 3.67. The summed E-state index contributed by atoms with van der Waals surface area (Å²) in [6.07, 6.45) is 1.10. The molecule has 0 bridgehead atoms. The molecule has 0 heterocycles. The molecule has 0 amide bonds. The third-order valence-electron chi connectivity index (χ3n) is 2.27. The lowest BCUT2D eigenvalue weighted by Gasteiger charge is -2.14. The van der Waals surface area contributed by atoms with Crippen molar-refractivity contribution >= 4 is 0 Å². The Morgan fingerprint density at radius 1 is 1.31 bits per heavy atom. The van der Waals surface area contributed by atoms with E-state index in [0.717, 1.165) is 12.2 Å².